The Balaban J connectivity index is 1.59. The second-order valence-electron chi connectivity index (χ2n) is 6.97. The molecule has 0 saturated heterocycles. The number of hydrogen-bond donors (Lipinski definition) is 4. The minimum atomic E-state index is -0.547. The molecule has 8 nitrogen and oxygen atoms in total. The van der Waals surface area contributed by atoms with Crippen LogP contribution in [0.25, 0.3) is 0 Å². The molecule has 0 atom stereocenters. The van der Waals surface area contributed by atoms with Crippen molar-refractivity contribution in [3.05, 3.63) is 30.0 Å². The van der Waals surface area contributed by atoms with Crippen molar-refractivity contribution in [1.29, 1.82) is 0 Å². The van der Waals surface area contributed by atoms with Gasteiger partial charge < -0.3 is 26.4 Å². The molecule has 1 aromatic heterocycles. The lowest BCUT2D eigenvalue weighted by Crippen LogP contribution is -2.22. The third-order valence-corrected chi connectivity index (χ3v) is 4.60. The first-order chi connectivity index (χ1) is 12.5. The molecule has 2 aliphatic rings. The molecule has 136 valence electrons. The highest BCUT2D eigenvalue weighted by atomic mass is 16.5. The number of rotatable bonds is 5. The van der Waals surface area contributed by atoms with E-state index < -0.39 is 5.91 Å². The molecule has 2 aromatic rings. The van der Waals surface area contributed by atoms with Gasteiger partial charge in [0.2, 0.25) is 5.95 Å². The van der Waals surface area contributed by atoms with Crippen molar-refractivity contribution in [2.24, 2.45) is 5.73 Å². The van der Waals surface area contributed by atoms with Crippen molar-refractivity contribution in [3.63, 3.8) is 0 Å². The summed E-state index contributed by atoms with van der Waals surface area (Å²) in [4.78, 5) is 20.3. The molecule has 0 unspecified atom stereocenters. The maximum atomic E-state index is 11.7. The molecule has 1 amide bonds. The van der Waals surface area contributed by atoms with Crippen LogP contribution in [0.3, 0.4) is 0 Å². The lowest BCUT2D eigenvalue weighted by molar-refractivity contribution is 0.100. The largest absolute Gasteiger partial charge is 0.491 e. The molecule has 0 bridgehead atoms. The van der Waals surface area contributed by atoms with Crippen molar-refractivity contribution in [2.75, 3.05) is 29.1 Å². The molecule has 0 radical (unpaired) electrons. The van der Waals surface area contributed by atoms with Gasteiger partial charge in [-0.3, -0.25) is 4.79 Å². The summed E-state index contributed by atoms with van der Waals surface area (Å²) in [5.74, 6) is 1.15. The number of carbonyl (C=O) groups is 1. The Morgan fingerprint density at radius 1 is 1.38 bits per heavy atom. The monoisotopic (exact) mass is 354 g/mol. The summed E-state index contributed by atoms with van der Waals surface area (Å²) in [6, 6.07) is 5.78. The number of ether oxygens (including phenoxy) is 1. The normalized spacial score (nSPS) is 17.1. The minimum absolute atomic E-state index is 0.0266. The highest BCUT2D eigenvalue weighted by Crippen LogP contribution is 2.38. The van der Waals surface area contributed by atoms with E-state index in [-0.39, 0.29) is 5.54 Å². The van der Waals surface area contributed by atoms with E-state index in [1.807, 2.05) is 18.2 Å². The molecule has 1 aromatic carbocycles. The number of anilines is 4. The number of fused-ring (bicyclic) bond motifs is 1. The predicted molar refractivity (Wildman–Crippen MR) is 100 cm³/mol. The zero-order valence-corrected chi connectivity index (χ0v) is 14.6. The average molecular weight is 354 g/mol. The van der Waals surface area contributed by atoms with E-state index in [1.54, 1.807) is 0 Å². The molecule has 5 N–H and O–H groups in total. The van der Waals surface area contributed by atoms with Gasteiger partial charge in [0.05, 0.1) is 17.9 Å². The Morgan fingerprint density at radius 3 is 3.00 bits per heavy atom. The maximum Gasteiger partial charge on any atom is 0.254 e. The molecule has 2 heterocycles. The first kappa shape index (κ1) is 16.4. The number of carbonyl (C=O) groups excluding carboxylic acids is 1. The Hall–Kier alpha value is -3.03. The van der Waals surface area contributed by atoms with Crippen LogP contribution in [0, 0.1) is 0 Å². The van der Waals surface area contributed by atoms with E-state index >= 15 is 0 Å². The van der Waals surface area contributed by atoms with Gasteiger partial charge >= 0.3 is 0 Å². The lowest BCUT2D eigenvalue weighted by atomic mass is 10.2. The van der Waals surface area contributed by atoms with Crippen molar-refractivity contribution in [1.82, 2.24) is 9.97 Å². The van der Waals surface area contributed by atoms with Crippen molar-refractivity contribution in [2.45, 2.75) is 31.7 Å². The SMILES string of the molecule is CC1(Nc2nc(Nc3ccc4c(c3)NCCCO4)ncc2C(N)=O)CC1. The van der Waals surface area contributed by atoms with Crippen LogP contribution in [-0.2, 0) is 0 Å². The zero-order chi connectivity index (χ0) is 18.1. The molecule has 26 heavy (non-hydrogen) atoms. The first-order valence-electron chi connectivity index (χ1n) is 8.75. The lowest BCUT2D eigenvalue weighted by Gasteiger charge is -2.16. The summed E-state index contributed by atoms with van der Waals surface area (Å²) in [6.45, 7) is 3.66. The minimum Gasteiger partial charge on any atom is -0.491 e. The van der Waals surface area contributed by atoms with Gasteiger partial charge in [-0.2, -0.15) is 4.98 Å². The number of benzene rings is 1. The van der Waals surface area contributed by atoms with Gasteiger partial charge in [-0.15, -0.1) is 0 Å². The second-order valence-corrected chi connectivity index (χ2v) is 6.97. The van der Waals surface area contributed by atoms with Crippen molar-refractivity contribution < 1.29 is 9.53 Å². The fourth-order valence-corrected chi connectivity index (χ4v) is 2.79. The van der Waals surface area contributed by atoms with E-state index in [0.29, 0.717) is 23.9 Å². The Morgan fingerprint density at radius 2 is 2.23 bits per heavy atom. The molecule has 1 aliphatic carbocycles. The number of nitrogens with zero attached hydrogens (tertiary/aromatic N) is 2. The summed E-state index contributed by atoms with van der Waals surface area (Å²) >= 11 is 0. The Bertz CT molecular complexity index is 850. The molecule has 1 aliphatic heterocycles. The highest BCUT2D eigenvalue weighted by molar-refractivity contribution is 5.97. The third kappa shape index (κ3) is 3.49. The van der Waals surface area contributed by atoms with E-state index in [2.05, 4.69) is 32.8 Å². The molecule has 8 heteroatoms. The number of primary amides is 1. The molecule has 1 saturated carbocycles. The number of nitrogens with two attached hydrogens (primary N) is 1. The van der Waals surface area contributed by atoms with Crippen LogP contribution in [0.5, 0.6) is 5.75 Å². The molecular weight excluding hydrogens is 332 g/mol. The average Bonchev–Trinajstić information content (AvgIpc) is 3.37. The fraction of sp³-hybridized carbons (Fsp3) is 0.389. The predicted octanol–water partition coefficient (Wildman–Crippen LogP) is 2.48. The molecular formula is C18H22N6O2. The van der Waals surface area contributed by atoms with Crippen LogP contribution in [0.2, 0.25) is 0 Å². The van der Waals surface area contributed by atoms with Crippen LogP contribution >= 0.6 is 0 Å². The number of amides is 1. The molecule has 4 rings (SSSR count). The summed E-state index contributed by atoms with van der Waals surface area (Å²) in [5, 5.41) is 9.83. The van der Waals surface area contributed by atoms with Gasteiger partial charge in [-0.05, 0) is 44.4 Å². The molecule has 1 fully saturated rings. The number of aromatic nitrogens is 2. The quantitative estimate of drug-likeness (QED) is 0.652. The van der Waals surface area contributed by atoms with Gasteiger partial charge in [0.15, 0.2) is 0 Å². The Kier molecular flexibility index (Phi) is 4.02. The maximum absolute atomic E-state index is 11.7. The van der Waals surface area contributed by atoms with Crippen LogP contribution < -0.4 is 26.4 Å². The first-order valence-corrected chi connectivity index (χ1v) is 8.75. The fourth-order valence-electron chi connectivity index (χ4n) is 2.79. The van der Waals surface area contributed by atoms with Gasteiger partial charge in [0.25, 0.3) is 5.91 Å². The topological polar surface area (TPSA) is 114 Å². The van der Waals surface area contributed by atoms with Gasteiger partial charge in [-0.1, -0.05) is 0 Å². The van der Waals surface area contributed by atoms with Crippen molar-refractivity contribution >= 4 is 29.0 Å². The Labute approximate surface area is 151 Å². The van der Waals surface area contributed by atoms with E-state index in [4.69, 9.17) is 10.5 Å². The van der Waals surface area contributed by atoms with Crippen LogP contribution in [0.4, 0.5) is 23.1 Å². The zero-order valence-electron chi connectivity index (χ0n) is 14.6. The second kappa shape index (κ2) is 6.36. The van der Waals surface area contributed by atoms with E-state index in [1.165, 1.54) is 6.20 Å². The van der Waals surface area contributed by atoms with Crippen molar-refractivity contribution in [3.8, 4) is 5.75 Å². The van der Waals surface area contributed by atoms with Crippen LogP contribution in [0.15, 0.2) is 24.4 Å². The number of nitrogens with one attached hydrogen (secondary N) is 3. The van der Waals surface area contributed by atoms with Gasteiger partial charge in [0, 0.05) is 24.0 Å². The van der Waals surface area contributed by atoms with Gasteiger partial charge in [-0.25, -0.2) is 4.98 Å². The van der Waals surface area contributed by atoms with Crippen LogP contribution in [-0.4, -0.2) is 34.6 Å². The third-order valence-electron chi connectivity index (χ3n) is 4.60. The summed E-state index contributed by atoms with van der Waals surface area (Å²) in [6.07, 6.45) is 4.49. The standard InChI is InChI=1S/C18H22N6O2/c1-18(5-6-18)24-16-12(15(19)25)10-21-17(23-16)22-11-3-4-14-13(9-11)20-7-2-8-26-14/h3-4,9-10,20H,2,5-8H2,1H3,(H2,19,25)(H2,21,22,23,24). The summed E-state index contributed by atoms with van der Waals surface area (Å²) < 4.78 is 5.69. The molecule has 0 spiro atoms. The van der Waals surface area contributed by atoms with Gasteiger partial charge in [0.1, 0.15) is 11.6 Å². The summed E-state index contributed by atoms with van der Waals surface area (Å²) in [7, 11) is 0. The van der Waals surface area contributed by atoms with E-state index in [0.717, 1.165) is 42.9 Å². The smallest absolute Gasteiger partial charge is 0.254 e. The van der Waals surface area contributed by atoms with E-state index in [9.17, 15) is 4.79 Å². The number of hydrogen-bond acceptors (Lipinski definition) is 7. The highest BCUT2D eigenvalue weighted by Gasteiger charge is 2.38. The van der Waals surface area contributed by atoms with Crippen LogP contribution in [0.1, 0.15) is 36.5 Å². The summed E-state index contributed by atoms with van der Waals surface area (Å²) in [5.41, 5.74) is 7.48.